The van der Waals surface area contributed by atoms with Crippen molar-refractivity contribution in [1.29, 1.82) is 0 Å². The van der Waals surface area contributed by atoms with E-state index >= 15 is 0 Å². The van der Waals surface area contributed by atoms with Gasteiger partial charge in [-0.2, -0.15) is 0 Å². The zero-order valence-electron chi connectivity index (χ0n) is 10.1. The third kappa shape index (κ3) is 2.07. The first-order chi connectivity index (χ1) is 6.98. The smallest absolute Gasteiger partial charge is 0.199 e. The van der Waals surface area contributed by atoms with Gasteiger partial charge in [0, 0.05) is 17.9 Å². The molecule has 3 heteroatoms. The molecule has 1 saturated heterocycles. The van der Waals surface area contributed by atoms with Crippen LogP contribution in [0.3, 0.4) is 0 Å². The highest BCUT2D eigenvalue weighted by atomic mass is 16.4. The van der Waals surface area contributed by atoms with Gasteiger partial charge in [-0.3, -0.25) is 0 Å². The number of aryl methyl sites for hydroxylation is 1. The summed E-state index contributed by atoms with van der Waals surface area (Å²) in [4.78, 5) is 4.66. The Balaban J connectivity index is 2.28. The molecule has 0 bridgehead atoms. The quantitative estimate of drug-likeness (QED) is 0.770. The summed E-state index contributed by atoms with van der Waals surface area (Å²) in [7, 11) is 0. The predicted octanol–water partition coefficient (Wildman–Crippen LogP) is 2.36. The fraction of sp³-hybridized carbons (Fsp3) is 0.750. The maximum atomic E-state index is 5.77. The lowest BCUT2D eigenvalue weighted by Gasteiger charge is -2.14. The summed E-state index contributed by atoms with van der Waals surface area (Å²) >= 11 is 0. The highest BCUT2D eigenvalue weighted by molar-refractivity contribution is 5.19. The number of nitrogens with zero attached hydrogens (tertiary/aromatic N) is 1. The minimum absolute atomic E-state index is 0.0812. The molecule has 84 valence electrons. The van der Waals surface area contributed by atoms with E-state index in [1.807, 2.05) is 6.92 Å². The minimum atomic E-state index is 0.0812. The third-order valence-electron chi connectivity index (χ3n) is 2.93. The second-order valence-electron chi connectivity index (χ2n) is 5.40. The Bertz CT molecular complexity index is 343. The first-order valence-electron chi connectivity index (χ1n) is 5.67. The van der Waals surface area contributed by atoms with E-state index in [2.05, 4.69) is 31.1 Å². The molecule has 3 nitrogen and oxygen atoms in total. The molecule has 1 aromatic rings. The summed E-state index contributed by atoms with van der Waals surface area (Å²) in [5.74, 6) is 2.37. The van der Waals surface area contributed by atoms with Crippen LogP contribution in [-0.4, -0.2) is 18.1 Å². The summed E-state index contributed by atoms with van der Waals surface area (Å²) < 4.78 is 5.77. The van der Waals surface area contributed by atoms with Gasteiger partial charge in [0.25, 0.3) is 0 Å². The molecule has 0 amide bonds. The fourth-order valence-corrected chi connectivity index (χ4v) is 2.15. The van der Waals surface area contributed by atoms with Crippen molar-refractivity contribution in [3.05, 3.63) is 17.3 Å². The molecule has 1 atom stereocenters. The van der Waals surface area contributed by atoms with Gasteiger partial charge >= 0.3 is 0 Å². The molecule has 1 N–H and O–H groups in total. The highest BCUT2D eigenvalue weighted by Gasteiger charge is 2.27. The molecular weight excluding hydrogens is 188 g/mol. The molecule has 15 heavy (non-hydrogen) atoms. The van der Waals surface area contributed by atoms with Crippen LogP contribution in [0, 0.1) is 6.92 Å². The van der Waals surface area contributed by atoms with Gasteiger partial charge in [-0.15, -0.1) is 0 Å². The largest absolute Gasteiger partial charge is 0.445 e. The minimum Gasteiger partial charge on any atom is -0.445 e. The Morgan fingerprint density at radius 2 is 2.13 bits per heavy atom. The van der Waals surface area contributed by atoms with Crippen molar-refractivity contribution in [2.24, 2.45) is 0 Å². The van der Waals surface area contributed by atoms with Crippen molar-refractivity contribution >= 4 is 0 Å². The van der Waals surface area contributed by atoms with Gasteiger partial charge in [-0.1, -0.05) is 20.8 Å². The maximum Gasteiger partial charge on any atom is 0.199 e. The number of oxazole rings is 1. The lowest BCUT2D eigenvalue weighted by molar-refractivity contribution is 0.436. The Labute approximate surface area is 91.3 Å². The molecule has 2 rings (SSSR count). The van der Waals surface area contributed by atoms with Crippen LogP contribution in [0.2, 0.25) is 0 Å². The topological polar surface area (TPSA) is 38.1 Å². The normalized spacial score (nSPS) is 22.3. The molecule has 0 aliphatic carbocycles. The van der Waals surface area contributed by atoms with Gasteiger partial charge < -0.3 is 9.73 Å². The van der Waals surface area contributed by atoms with Gasteiger partial charge in [0.1, 0.15) is 5.76 Å². The summed E-state index contributed by atoms with van der Waals surface area (Å²) in [6, 6.07) is 0. The van der Waals surface area contributed by atoms with Gasteiger partial charge in [0.05, 0.1) is 5.69 Å². The Morgan fingerprint density at radius 3 is 2.60 bits per heavy atom. The van der Waals surface area contributed by atoms with Crippen molar-refractivity contribution in [1.82, 2.24) is 10.3 Å². The van der Waals surface area contributed by atoms with Gasteiger partial charge in [0.2, 0.25) is 0 Å². The standard InChI is InChI=1S/C12H20N2O/c1-8-10(12(2,3)4)14-11(15-8)9-5-6-13-7-9/h9,13H,5-7H2,1-4H3. The first-order valence-corrected chi connectivity index (χ1v) is 5.67. The lowest BCUT2D eigenvalue weighted by atomic mass is 9.91. The van der Waals surface area contributed by atoms with Crippen molar-refractivity contribution in [3.63, 3.8) is 0 Å². The molecule has 2 heterocycles. The predicted molar refractivity (Wildman–Crippen MR) is 60.2 cm³/mol. The van der Waals surface area contributed by atoms with Crippen LogP contribution in [0.15, 0.2) is 4.42 Å². The molecule has 1 aliphatic rings. The fourth-order valence-electron chi connectivity index (χ4n) is 2.15. The third-order valence-corrected chi connectivity index (χ3v) is 2.93. The Morgan fingerprint density at radius 1 is 1.40 bits per heavy atom. The Hall–Kier alpha value is -0.830. The van der Waals surface area contributed by atoms with E-state index in [0.717, 1.165) is 36.9 Å². The van der Waals surface area contributed by atoms with E-state index in [-0.39, 0.29) is 5.41 Å². The van der Waals surface area contributed by atoms with Crippen LogP contribution >= 0.6 is 0 Å². The van der Waals surface area contributed by atoms with E-state index in [1.165, 1.54) is 0 Å². The summed E-state index contributed by atoms with van der Waals surface area (Å²) in [6.07, 6.45) is 1.14. The zero-order valence-corrected chi connectivity index (χ0v) is 10.1. The van der Waals surface area contributed by atoms with Crippen LogP contribution in [0.5, 0.6) is 0 Å². The average molecular weight is 208 g/mol. The average Bonchev–Trinajstić information content (AvgIpc) is 2.68. The summed E-state index contributed by atoms with van der Waals surface area (Å²) in [5.41, 5.74) is 1.18. The maximum absolute atomic E-state index is 5.77. The van der Waals surface area contributed by atoms with E-state index < -0.39 is 0 Å². The highest BCUT2D eigenvalue weighted by Crippen LogP contribution is 2.29. The van der Waals surface area contributed by atoms with E-state index in [9.17, 15) is 0 Å². The molecule has 1 unspecified atom stereocenters. The van der Waals surface area contributed by atoms with Crippen LogP contribution in [0.4, 0.5) is 0 Å². The monoisotopic (exact) mass is 208 g/mol. The molecule has 0 radical (unpaired) electrons. The molecule has 1 fully saturated rings. The molecule has 0 saturated carbocycles. The van der Waals surface area contributed by atoms with Gasteiger partial charge in [-0.05, 0) is 19.9 Å². The number of aromatic nitrogens is 1. The van der Waals surface area contributed by atoms with Crippen molar-refractivity contribution in [2.75, 3.05) is 13.1 Å². The summed E-state index contributed by atoms with van der Waals surface area (Å²) in [5, 5.41) is 3.34. The summed E-state index contributed by atoms with van der Waals surface area (Å²) in [6.45, 7) is 10.6. The van der Waals surface area contributed by atoms with Crippen LogP contribution in [0.1, 0.15) is 50.5 Å². The van der Waals surface area contributed by atoms with Gasteiger partial charge in [-0.25, -0.2) is 4.98 Å². The number of hydrogen-bond donors (Lipinski definition) is 1. The van der Waals surface area contributed by atoms with E-state index in [4.69, 9.17) is 4.42 Å². The van der Waals surface area contributed by atoms with E-state index in [0.29, 0.717) is 5.92 Å². The molecule has 1 aliphatic heterocycles. The molecule has 0 aromatic carbocycles. The molecule has 0 spiro atoms. The lowest BCUT2D eigenvalue weighted by Crippen LogP contribution is -2.13. The van der Waals surface area contributed by atoms with Crippen molar-refractivity contribution in [3.8, 4) is 0 Å². The van der Waals surface area contributed by atoms with Crippen molar-refractivity contribution in [2.45, 2.75) is 45.4 Å². The molecule has 1 aromatic heterocycles. The SMILES string of the molecule is Cc1oc(C2CCNC2)nc1C(C)(C)C. The van der Waals surface area contributed by atoms with Crippen LogP contribution in [-0.2, 0) is 5.41 Å². The second kappa shape index (κ2) is 3.63. The van der Waals surface area contributed by atoms with Crippen LogP contribution in [0.25, 0.3) is 0 Å². The first kappa shape index (κ1) is 10.7. The number of rotatable bonds is 1. The van der Waals surface area contributed by atoms with E-state index in [1.54, 1.807) is 0 Å². The number of nitrogens with one attached hydrogen (secondary N) is 1. The van der Waals surface area contributed by atoms with Crippen LogP contribution < -0.4 is 5.32 Å². The molecular formula is C12H20N2O. The number of hydrogen-bond acceptors (Lipinski definition) is 3. The zero-order chi connectivity index (χ0) is 11.1. The van der Waals surface area contributed by atoms with Crippen molar-refractivity contribution < 1.29 is 4.42 Å². The van der Waals surface area contributed by atoms with Gasteiger partial charge in [0.15, 0.2) is 5.89 Å². The Kier molecular flexibility index (Phi) is 2.59. The second-order valence-corrected chi connectivity index (χ2v) is 5.40.